The number of nitrogens with zero attached hydrogens (tertiary/aromatic N) is 1. The molecule has 1 aromatic heterocycles. The second-order valence-electron chi connectivity index (χ2n) is 7.04. The number of fused-ring (bicyclic) bond motifs is 1. The monoisotopic (exact) mass is 435 g/mol. The van der Waals surface area contributed by atoms with E-state index in [9.17, 15) is 17.6 Å². The molecule has 0 bridgehead atoms. The van der Waals surface area contributed by atoms with Crippen LogP contribution < -0.4 is 4.74 Å². The van der Waals surface area contributed by atoms with Crippen LogP contribution in [0, 0.1) is 12.7 Å². The smallest absolute Gasteiger partial charge is 0.208 e. The van der Waals surface area contributed by atoms with E-state index in [1.54, 1.807) is 24.3 Å². The highest BCUT2D eigenvalue weighted by molar-refractivity contribution is 7.91. The predicted molar refractivity (Wildman–Crippen MR) is 115 cm³/mol. The Morgan fingerprint density at radius 3 is 2.29 bits per heavy atom. The van der Waals surface area contributed by atoms with Gasteiger partial charge in [-0.25, -0.2) is 12.8 Å². The molecule has 0 N–H and O–H groups in total. The zero-order valence-electron chi connectivity index (χ0n) is 16.8. The molecule has 0 saturated carbocycles. The first-order chi connectivity index (χ1) is 14.8. The molecule has 0 aliphatic carbocycles. The Morgan fingerprint density at radius 2 is 1.65 bits per heavy atom. The summed E-state index contributed by atoms with van der Waals surface area (Å²) in [6.45, 7) is 1.88. The van der Waals surface area contributed by atoms with E-state index in [4.69, 9.17) is 4.74 Å². The first-order valence-corrected chi connectivity index (χ1v) is 10.9. The van der Waals surface area contributed by atoms with Gasteiger partial charge in [0.25, 0.3) is 0 Å². The third-order valence-electron chi connectivity index (χ3n) is 4.98. The number of halogens is 1. The van der Waals surface area contributed by atoms with E-state index < -0.39 is 21.4 Å². The molecule has 4 rings (SSSR count). The molecule has 0 aliphatic heterocycles. The molecule has 1 heterocycles. The average Bonchev–Trinajstić information content (AvgIpc) is 2.78. The zero-order chi connectivity index (χ0) is 22.2. The molecule has 0 amide bonds. The predicted octanol–water partition coefficient (Wildman–Crippen LogP) is 4.75. The van der Waals surface area contributed by atoms with Crippen LogP contribution in [0.25, 0.3) is 10.9 Å². The molecule has 0 spiro atoms. The van der Waals surface area contributed by atoms with Gasteiger partial charge in [0.15, 0.2) is 5.78 Å². The Kier molecular flexibility index (Phi) is 5.29. The van der Waals surface area contributed by atoms with E-state index in [-0.39, 0.29) is 26.3 Å². The minimum atomic E-state index is -4.18. The largest absolute Gasteiger partial charge is 0.497 e. The van der Waals surface area contributed by atoms with Gasteiger partial charge in [-0.1, -0.05) is 29.8 Å². The van der Waals surface area contributed by atoms with Gasteiger partial charge in [-0.05, 0) is 49.4 Å². The fraction of sp³-hybridized carbons (Fsp3) is 0.0833. The fourth-order valence-corrected chi connectivity index (χ4v) is 4.94. The van der Waals surface area contributed by atoms with Crippen LogP contribution >= 0.6 is 0 Å². The highest BCUT2D eigenvalue weighted by Crippen LogP contribution is 2.33. The molecule has 0 aliphatic rings. The summed E-state index contributed by atoms with van der Waals surface area (Å²) >= 11 is 0. The van der Waals surface area contributed by atoms with Crippen molar-refractivity contribution in [2.75, 3.05) is 7.11 Å². The molecule has 5 nitrogen and oxygen atoms in total. The number of sulfone groups is 1. The molecule has 0 atom stereocenters. The summed E-state index contributed by atoms with van der Waals surface area (Å²) < 4.78 is 46.4. The zero-order valence-corrected chi connectivity index (χ0v) is 17.6. The van der Waals surface area contributed by atoms with Crippen molar-refractivity contribution in [2.24, 2.45) is 0 Å². The highest BCUT2D eigenvalue weighted by atomic mass is 32.2. The van der Waals surface area contributed by atoms with E-state index in [2.05, 4.69) is 4.98 Å². The summed E-state index contributed by atoms with van der Waals surface area (Å²) in [5.74, 6) is -0.647. The number of rotatable bonds is 5. The molecule has 0 radical (unpaired) electrons. The van der Waals surface area contributed by atoms with Crippen molar-refractivity contribution in [3.8, 4) is 5.75 Å². The van der Waals surface area contributed by atoms with Gasteiger partial charge in [0.1, 0.15) is 11.6 Å². The Morgan fingerprint density at radius 1 is 0.968 bits per heavy atom. The maximum absolute atomic E-state index is 14.1. The number of ketones is 1. The maximum atomic E-state index is 14.1. The lowest BCUT2D eigenvalue weighted by Crippen LogP contribution is -2.13. The quantitative estimate of drug-likeness (QED) is 0.423. The lowest BCUT2D eigenvalue weighted by molar-refractivity contribution is 0.103. The number of carbonyl (C=O) groups excluding carboxylic acids is 1. The number of aromatic nitrogens is 1. The lowest BCUT2D eigenvalue weighted by Gasteiger charge is -2.14. The van der Waals surface area contributed by atoms with E-state index >= 15 is 0 Å². The minimum absolute atomic E-state index is 0.0389. The topological polar surface area (TPSA) is 73.3 Å². The van der Waals surface area contributed by atoms with Crippen LogP contribution in [-0.2, 0) is 9.84 Å². The molecule has 0 fully saturated rings. The van der Waals surface area contributed by atoms with Crippen LogP contribution in [0.15, 0.2) is 82.7 Å². The maximum Gasteiger partial charge on any atom is 0.208 e. The van der Waals surface area contributed by atoms with Crippen molar-refractivity contribution in [2.45, 2.75) is 16.7 Å². The number of carbonyl (C=O) groups is 1. The number of ether oxygens (including phenoxy) is 1. The Hall–Kier alpha value is -3.58. The summed E-state index contributed by atoms with van der Waals surface area (Å²) in [7, 11) is -2.71. The number of hydrogen-bond donors (Lipinski definition) is 0. The van der Waals surface area contributed by atoms with Crippen molar-refractivity contribution in [1.82, 2.24) is 4.98 Å². The third-order valence-corrected chi connectivity index (χ3v) is 6.85. The van der Waals surface area contributed by atoms with Gasteiger partial charge in [0.2, 0.25) is 9.84 Å². The highest BCUT2D eigenvalue weighted by Gasteiger charge is 2.28. The van der Waals surface area contributed by atoms with Gasteiger partial charge in [0.05, 0.1) is 28.0 Å². The molecule has 3 aromatic carbocycles. The van der Waals surface area contributed by atoms with E-state index in [1.165, 1.54) is 49.7 Å². The van der Waals surface area contributed by atoms with Gasteiger partial charge in [0, 0.05) is 17.1 Å². The first kappa shape index (κ1) is 20.7. The molecular weight excluding hydrogens is 417 g/mol. The van der Waals surface area contributed by atoms with Crippen molar-refractivity contribution >= 4 is 26.5 Å². The van der Waals surface area contributed by atoms with Gasteiger partial charge in [-0.2, -0.15) is 0 Å². The SMILES string of the molecule is COc1ccc(S(=O)(=O)c2c(C(=O)c3ccc(C)cc3)cnc3ccc(F)cc23)cc1. The number of pyridine rings is 1. The van der Waals surface area contributed by atoms with E-state index in [1.807, 2.05) is 6.92 Å². The first-order valence-electron chi connectivity index (χ1n) is 9.40. The molecule has 7 heteroatoms. The summed E-state index contributed by atoms with van der Waals surface area (Å²) in [5.41, 5.74) is 1.43. The van der Waals surface area contributed by atoms with Crippen molar-refractivity contribution in [1.29, 1.82) is 0 Å². The van der Waals surface area contributed by atoms with Crippen LogP contribution in [-0.4, -0.2) is 26.3 Å². The molecule has 0 unspecified atom stereocenters. The number of aryl methyl sites for hydroxylation is 1. The standard InChI is InChI=1S/C24H18FNO4S/c1-15-3-5-16(6-4-15)23(27)21-14-26-22-12-7-17(25)13-20(22)24(21)31(28,29)19-10-8-18(30-2)9-11-19/h3-14H,1-2H3. The molecule has 31 heavy (non-hydrogen) atoms. The van der Waals surface area contributed by atoms with Crippen LogP contribution in [0.5, 0.6) is 5.75 Å². The van der Waals surface area contributed by atoms with Crippen LogP contribution in [0.2, 0.25) is 0 Å². The van der Waals surface area contributed by atoms with Gasteiger partial charge < -0.3 is 4.74 Å². The van der Waals surface area contributed by atoms with Crippen LogP contribution in [0.4, 0.5) is 4.39 Å². The number of hydrogen-bond acceptors (Lipinski definition) is 5. The van der Waals surface area contributed by atoms with Gasteiger partial charge in [-0.15, -0.1) is 0 Å². The third kappa shape index (κ3) is 3.80. The summed E-state index contributed by atoms with van der Waals surface area (Å²) in [5, 5.41) is 0.0498. The summed E-state index contributed by atoms with van der Waals surface area (Å²) in [6, 6.07) is 16.2. The van der Waals surface area contributed by atoms with Gasteiger partial charge >= 0.3 is 0 Å². The average molecular weight is 435 g/mol. The number of benzene rings is 3. The summed E-state index contributed by atoms with van der Waals surface area (Å²) in [6.07, 6.45) is 1.23. The molecule has 0 saturated heterocycles. The van der Waals surface area contributed by atoms with Crippen molar-refractivity contribution in [3.63, 3.8) is 0 Å². The van der Waals surface area contributed by atoms with E-state index in [0.29, 0.717) is 11.3 Å². The Bertz CT molecular complexity index is 1400. The van der Waals surface area contributed by atoms with Crippen LogP contribution in [0.1, 0.15) is 21.5 Å². The second kappa shape index (κ2) is 7.92. The fourth-order valence-electron chi connectivity index (χ4n) is 3.32. The van der Waals surface area contributed by atoms with Crippen molar-refractivity contribution < 1.29 is 22.3 Å². The summed E-state index contributed by atoms with van der Waals surface area (Å²) in [4.78, 5) is 17.2. The minimum Gasteiger partial charge on any atom is -0.497 e. The number of methoxy groups -OCH3 is 1. The second-order valence-corrected chi connectivity index (χ2v) is 8.92. The Labute approximate surface area is 179 Å². The lowest BCUT2D eigenvalue weighted by atomic mass is 10.0. The van der Waals surface area contributed by atoms with E-state index in [0.717, 1.165) is 11.6 Å². The normalized spacial score (nSPS) is 11.5. The van der Waals surface area contributed by atoms with Crippen LogP contribution in [0.3, 0.4) is 0 Å². The molecule has 156 valence electrons. The Balaban J connectivity index is 2.00. The molecular formula is C24H18FNO4S. The van der Waals surface area contributed by atoms with Gasteiger partial charge in [-0.3, -0.25) is 9.78 Å². The molecule has 4 aromatic rings. The van der Waals surface area contributed by atoms with Crippen molar-refractivity contribution in [3.05, 3.63) is 95.4 Å².